The van der Waals surface area contributed by atoms with Gasteiger partial charge in [-0.2, -0.15) is 0 Å². The number of carbonyl (C=O) groups excluding carboxylic acids is 2. The van der Waals surface area contributed by atoms with Gasteiger partial charge in [0, 0.05) is 0 Å². The van der Waals surface area contributed by atoms with Gasteiger partial charge in [0.25, 0.3) is 0 Å². The molecule has 0 radical (unpaired) electrons. The van der Waals surface area contributed by atoms with Gasteiger partial charge < -0.3 is 33.9 Å². The number of rotatable bonds is 15. The zero-order valence-corrected chi connectivity index (χ0v) is 24.9. The second-order valence-corrected chi connectivity index (χ2v) is 12.2. The Bertz CT molecular complexity index is 854. The van der Waals surface area contributed by atoms with Crippen molar-refractivity contribution in [2.24, 2.45) is 11.8 Å². The Morgan fingerprint density at radius 1 is 0.757 bits per heavy atom. The van der Waals surface area contributed by atoms with Crippen molar-refractivity contribution in [3.63, 3.8) is 0 Å². The molecule has 15 heteroatoms. The van der Waals surface area contributed by atoms with Crippen molar-refractivity contribution in [1.29, 1.82) is 0 Å². The molecular formula is C22H30Cl6O9. The van der Waals surface area contributed by atoms with Crippen LogP contribution in [0.25, 0.3) is 0 Å². The molecule has 9 nitrogen and oxygen atoms in total. The Morgan fingerprint density at radius 2 is 1.22 bits per heavy atom. The number of hydrogen-bond acceptors (Lipinski definition) is 9. The fraction of sp³-hybridized carbons (Fsp3) is 0.818. The van der Waals surface area contributed by atoms with E-state index in [1.807, 2.05) is 6.92 Å². The summed E-state index contributed by atoms with van der Waals surface area (Å²) in [4.78, 5) is 21.9. The van der Waals surface area contributed by atoms with Crippen LogP contribution in [-0.2, 0) is 33.3 Å². The summed E-state index contributed by atoms with van der Waals surface area (Å²) in [5.41, 5.74) is 0. The molecule has 2 bridgehead atoms. The van der Waals surface area contributed by atoms with E-state index in [9.17, 15) is 19.8 Å². The minimum atomic E-state index is -2.18. The number of allylic oxidation sites excluding steroid dienone is 2. The Labute approximate surface area is 245 Å². The molecule has 0 amide bonds. The monoisotopic (exact) mass is 648 g/mol. The summed E-state index contributed by atoms with van der Waals surface area (Å²) >= 11 is 39.0. The van der Waals surface area contributed by atoms with Gasteiger partial charge in [-0.3, -0.25) is 9.59 Å². The SMILES string of the molecule is CC(O)COC(=O)C1C(C(=O)OCCOCCOCC(C)OCC(C)O)C2(Cl)C(Cl)=C(Cl)C1(Cl)C2(Cl)Cl. The number of halogens is 6. The van der Waals surface area contributed by atoms with Crippen LogP contribution in [0.4, 0.5) is 0 Å². The molecule has 0 spiro atoms. The van der Waals surface area contributed by atoms with E-state index in [-0.39, 0.29) is 55.8 Å². The van der Waals surface area contributed by atoms with Crippen LogP contribution in [0, 0.1) is 11.8 Å². The average molecular weight is 651 g/mol. The molecule has 7 unspecified atom stereocenters. The number of carbonyl (C=O) groups is 2. The first kappa shape index (κ1) is 33.4. The van der Waals surface area contributed by atoms with Gasteiger partial charge in [-0.25, -0.2) is 0 Å². The molecule has 2 aliphatic carbocycles. The molecule has 214 valence electrons. The van der Waals surface area contributed by atoms with Gasteiger partial charge >= 0.3 is 11.9 Å². The zero-order chi connectivity index (χ0) is 28.2. The van der Waals surface area contributed by atoms with E-state index in [2.05, 4.69) is 0 Å². The van der Waals surface area contributed by atoms with E-state index in [4.69, 9.17) is 93.3 Å². The molecule has 0 aromatic heterocycles. The number of hydrogen-bond donors (Lipinski definition) is 2. The molecule has 7 atom stereocenters. The van der Waals surface area contributed by atoms with Crippen molar-refractivity contribution in [2.75, 3.05) is 46.2 Å². The summed E-state index contributed by atoms with van der Waals surface area (Å²) in [6.07, 6.45) is -1.75. The van der Waals surface area contributed by atoms with Crippen molar-refractivity contribution in [1.82, 2.24) is 0 Å². The summed E-state index contributed by atoms with van der Waals surface area (Å²) in [5, 5.41) is 18.1. The molecule has 0 aliphatic heterocycles. The molecule has 1 saturated carbocycles. The fourth-order valence-corrected chi connectivity index (χ4v) is 6.90. The molecule has 0 saturated heterocycles. The van der Waals surface area contributed by atoms with Crippen LogP contribution < -0.4 is 0 Å². The van der Waals surface area contributed by atoms with Gasteiger partial charge in [-0.15, -0.1) is 23.2 Å². The predicted molar refractivity (Wildman–Crippen MR) is 140 cm³/mol. The lowest BCUT2D eigenvalue weighted by atomic mass is 9.82. The van der Waals surface area contributed by atoms with Gasteiger partial charge in [0.2, 0.25) is 0 Å². The molecule has 0 heterocycles. The van der Waals surface area contributed by atoms with Gasteiger partial charge in [-0.05, 0) is 20.8 Å². The van der Waals surface area contributed by atoms with Crippen LogP contribution in [0.3, 0.4) is 0 Å². The van der Waals surface area contributed by atoms with E-state index >= 15 is 0 Å². The highest BCUT2D eigenvalue weighted by atomic mass is 35.5. The van der Waals surface area contributed by atoms with Crippen LogP contribution in [0.1, 0.15) is 20.8 Å². The van der Waals surface area contributed by atoms with Gasteiger partial charge in [0.05, 0.1) is 73.2 Å². The van der Waals surface area contributed by atoms with E-state index in [0.717, 1.165) is 0 Å². The number of esters is 2. The average Bonchev–Trinajstić information content (AvgIpc) is 3.03. The largest absolute Gasteiger partial charge is 0.463 e. The number of fused-ring (bicyclic) bond motifs is 2. The Balaban J connectivity index is 1.95. The third-order valence-electron chi connectivity index (χ3n) is 5.73. The topological polar surface area (TPSA) is 121 Å². The maximum Gasteiger partial charge on any atom is 0.312 e. The first-order valence-electron chi connectivity index (χ1n) is 11.4. The number of alkyl halides is 4. The highest BCUT2D eigenvalue weighted by Gasteiger charge is 2.86. The van der Waals surface area contributed by atoms with Gasteiger partial charge in [0.1, 0.15) is 23.0 Å². The highest BCUT2D eigenvalue weighted by molar-refractivity contribution is 6.66. The van der Waals surface area contributed by atoms with Crippen LogP contribution in [0.2, 0.25) is 0 Å². The number of ether oxygens (including phenoxy) is 5. The normalized spacial score (nSPS) is 30.8. The van der Waals surface area contributed by atoms with Crippen LogP contribution >= 0.6 is 69.6 Å². The second-order valence-electron chi connectivity index (χ2n) is 8.91. The first-order valence-corrected chi connectivity index (χ1v) is 13.7. The molecule has 0 aromatic carbocycles. The Morgan fingerprint density at radius 3 is 1.73 bits per heavy atom. The van der Waals surface area contributed by atoms with E-state index < -0.39 is 50.1 Å². The first-order chi connectivity index (χ1) is 17.1. The minimum absolute atomic E-state index is 0.00552. The van der Waals surface area contributed by atoms with Crippen molar-refractivity contribution in [3.05, 3.63) is 10.1 Å². The summed E-state index contributed by atoms with van der Waals surface area (Å²) in [5.74, 6) is -5.08. The number of aliphatic hydroxyl groups excluding tert-OH is 2. The molecule has 2 aliphatic rings. The van der Waals surface area contributed by atoms with Crippen LogP contribution in [0.5, 0.6) is 0 Å². The highest BCUT2D eigenvalue weighted by Crippen LogP contribution is 2.76. The molecule has 37 heavy (non-hydrogen) atoms. The van der Waals surface area contributed by atoms with Gasteiger partial charge in [-0.1, -0.05) is 46.4 Å². The third kappa shape index (κ3) is 6.76. The molecule has 0 aromatic rings. The standard InChI is InChI=1S/C22H30Cl6O9/c1-11(29)8-36-13(3)10-34-5-4-33-6-7-35-18(31)14-15(19(32)37-9-12(2)30)21(26)17(24)16(23)20(14,25)22(21,27)28/h11-15,29-30H,4-10H2,1-3H3. The van der Waals surface area contributed by atoms with E-state index in [1.54, 1.807) is 6.92 Å². The summed E-state index contributed by atoms with van der Waals surface area (Å²) in [6, 6.07) is 0. The van der Waals surface area contributed by atoms with Crippen LogP contribution in [-0.4, -0.2) is 101 Å². The number of aliphatic hydroxyl groups is 2. The van der Waals surface area contributed by atoms with Gasteiger partial charge in [0.15, 0.2) is 4.33 Å². The quantitative estimate of drug-likeness (QED) is 0.156. The molecule has 2 rings (SSSR count). The lowest BCUT2D eigenvalue weighted by molar-refractivity contribution is -0.163. The molecule has 2 N–H and O–H groups in total. The smallest absolute Gasteiger partial charge is 0.312 e. The van der Waals surface area contributed by atoms with Crippen LogP contribution in [0.15, 0.2) is 10.1 Å². The van der Waals surface area contributed by atoms with E-state index in [1.165, 1.54) is 6.92 Å². The fourth-order valence-electron chi connectivity index (χ4n) is 3.98. The minimum Gasteiger partial charge on any atom is -0.463 e. The predicted octanol–water partition coefficient (Wildman–Crippen LogP) is 3.35. The second kappa shape index (κ2) is 13.7. The molecule has 1 fully saturated rings. The maximum atomic E-state index is 13.1. The Kier molecular flexibility index (Phi) is 12.4. The van der Waals surface area contributed by atoms with E-state index in [0.29, 0.717) is 6.61 Å². The zero-order valence-electron chi connectivity index (χ0n) is 20.4. The lowest BCUT2D eigenvalue weighted by Gasteiger charge is -2.33. The summed E-state index contributed by atoms with van der Waals surface area (Å²) in [7, 11) is 0. The summed E-state index contributed by atoms with van der Waals surface area (Å²) < 4.78 is 24.4. The Hall–Kier alpha value is 0.220. The molecular weight excluding hydrogens is 621 g/mol. The third-order valence-corrected chi connectivity index (χ3v) is 9.99. The van der Waals surface area contributed by atoms with Crippen molar-refractivity contribution >= 4 is 81.5 Å². The van der Waals surface area contributed by atoms with Crippen molar-refractivity contribution < 1.29 is 43.5 Å². The van der Waals surface area contributed by atoms with Crippen molar-refractivity contribution in [3.8, 4) is 0 Å². The lowest BCUT2D eigenvalue weighted by Crippen LogP contribution is -2.47. The van der Waals surface area contributed by atoms with Crippen molar-refractivity contribution in [2.45, 2.75) is 53.2 Å². The summed E-state index contributed by atoms with van der Waals surface area (Å²) in [6.45, 7) is 5.24. The maximum absolute atomic E-state index is 13.1.